The number of aliphatic hydroxyl groups is 1. The van der Waals surface area contributed by atoms with E-state index in [1.165, 1.54) is 31.3 Å². The Bertz CT molecular complexity index is 312. The van der Waals surface area contributed by atoms with Crippen LogP contribution in [0.25, 0.3) is 0 Å². The SMILES string of the molecule is C=C1[C@H](C)CC[C@]2(C)CC[C@@H](C(C)(C)O)C[C@@H]12. The van der Waals surface area contributed by atoms with Crippen LogP contribution in [0, 0.1) is 23.2 Å². The van der Waals surface area contributed by atoms with E-state index >= 15 is 0 Å². The fourth-order valence-electron chi connectivity index (χ4n) is 3.98. The Hall–Kier alpha value is -0.300. The molecule has 0 heterocycles. The van der Waals surface area contributed by atoms with E-state index in [2.05, 4.69) is 20.4 Å². The molecule has 0 saturated heterocycles. The summed E-state index contributed by atoms with van der Waals surface area (Å²) in [6.45, 7) is 13.0. The molecule has 0 unspecified atom stereocenters. The highest BCUT2D eigenvalue weighted by Crippen LogP contribution is 2.56. The summed E-state index contributed by atoms with van der Waals surface area (Å²) in [7, 11) is 0. The van der Waals surface area contributed by atoms with E-state index in [1.54, 1.807) is 0 Å². The summed E-state index contributed by atoms with van der Waals surface area (Å²) in [6.07, 6.45) is 6.23. The Morgan fingerprint density at radius 2 is 1.88 bits per heavy atom. The lowest BCUT2D eigenvalue weighted by Gasteiger charge is -2.52. The summed E-state index contributed by atoms with van der Waals surface area (Å²) in [5.41, 5.74) is 1.39. The molecule has 2 rings (SSSR count). The summed E-state index contributed by atoms with van der Waals surface area (Å²) in [4.78, 5) is 0. The molecular weight excluding hydrogens is 208 g/mol. The van der Waals surface area contributed by atoms with Gasteiger partial charge in [0.25, 0.3) is 0 Å². The third kappa shape index (κ3) is 2.31. The summed E-state index contributed by atoms with van der Waals surface area (Å²) in [5, 5.41) is 10.2. The van der Waals surface area contributed by atoms with Crippen molar-refractivity contribution in [3.8, 4) is 0 Å². The minimum Gasteiger partial charge on any atom is -0.390 e. The van der Waals surface area contributed by atoms with Gasteiger partial charge in [-0.25, -0.2) is 0 Å². The molecule has 1 heteroatoms. The van der Waals surface area contributed by atoms with Gasteiger partial charge >= 0.3 is 0 Å². The van der Waals surface area contributed by atoms with Gasteiger partial charge in [-0.3, -0.25) is 0 Å². The first-order valence-corrected chi connectivity index (χ1v) is 7.15. The van der Waals surface area contributed by atoms with Crippen LogP contribution in [-0.2, 0) is 0 Å². The fraction of sp³-hybridized carbons (Fsp3) is 0.875. The second-order valence-electron chi connectivity index (χ2n) is 7.35. The standard InChI is InChI=1S/C16H28O/c1-11-6-8-16(5)9-7-13(15(3,4)17)10-14(16)12(11)2/h11,13-14,17H,2,6-10H2,1,3-5H3/t11-,13-,14+,16-/m1/s1. The Morgan fingerprint density at radius 3 is 2.47 bits per heavy atom. The summed E-state index contributed by atoms with van der Waals surface area (Å²) in [6, 6.07) is 0. The van der Waals surface area contributed by atoms with Crippen molar-refractivity contribution in [1.29, 1.82) is 0 Å². The summed E-state index contributed by atoms with van der Waals surface area (Å²) < 4.78 is 0. The molecule has 4 atom stereocenters. The number of fused-ring (bicyclic) bond motifs is 1. The van der Waals surface area contributed by atoms with Gasteiger partial charge in [0.15, 0.2) is 0 Å². The minimum atomic E-state index is -0.526. The fourth-order valence-corrected chi connectivity index (χ4v) is 3.98. The van der Waals surface area contributed by atoms with Crippen molar-refractivity contribution >= 4 is 0 Å². The van der Waals surface area contributed by atoms with Crippen molar-refractivity contribution in [3.05, 3.63) is 12.2 Å². The first-order valence-electron chi connectivity index (χ1n) is 7.15. The van der Waals surface area contributed by atoms with Crippen molar-refractivity contribution in [1.82, 2.24) is 0 Å². The van der Waals surface area contributed by atoms with E-state index < -0.39 is 5.60 Å². The predicted octanol–water partition coefficient (Wildman–Crippen LogP) is 4.17. The number of rotatable bonds is 1. The molecule has 0 aliphatic heterocycles. The summed E-state index contributed by atoms with van der Waals surface area (Å²) >= 11 is 0. The van der Waals surface area contributed by atoms with Gasteiger partial charge in [0.1, 0.15) is 0 Å². The van der Waals surface area contributed by atoms with E-state index in [1.807, 2.05) is 13.8 Å². The van der Waals surface area contributed by atoms with E-state index in [0.717, 1.165) is 6.42 Å². The lowest BCUT2D eigenvalue weighted by atomic mass is 9.53. The molecular formula is C16H28O. The maximum Gasteiger partial charge on any atom is 0.0620 e. The Labute approximate surface area is 106 Å². The van der Waals surface area contributed by atoms with E-state index in [9.17, 15) is 5.11 Å². The monoisotopic (exact) mass is 236 g/mol. The van der Waals surface area contributed by atoms with Crippen molar-refractivity contribution in [2.75, 3.05) is 0 Å². The van der Waals surface area contributed by atoms with Crippen LogP contribution in [0.2, 0.25) is 0 Å². The van der Waals surface area contributed by atoms with Crippen LogP contribution < -0.4 is 0 Å². The molecule has 0 aromatic carbocycles. The second kappa shape index (κ2) is 4.12. The van der Waals surface area contributed by atoms with Gasteiger partial charge in [0, 0.05) is 0 Å². The van der Waals surface area contributed by atoms with Crippen molar-refractivity contribution in [2.24, 2.45) is 23.2 Å². The lowest BCUT2D eigenvalue weighted by Crippen LogP contribution is -2.45. The highest BCUT2D eigenvalue weighted by molar-refractivity contribution is 5.15. The first kappa shape index (κ1) is 13.1. The molecule has 2 aliphatic rings. The van der Waals surface area contributed by atoms with E-state index in [4.69, 9.17) is 0 Å². The topological polar surface area (TPSA) is 20.2 Å². The number of hydrogen-bond acceptors (Lipinski definition) is 1. The lowest BCUT2D eigenvalue weighted by molar-refractivity contribution is -0.0438. The van der Waals surface area contributed by atoms with Gasteiger partial charge in [-0.15, -0.1) is 0 Å². The second-order valence-corrected chi connectivity index (χ2v) is 7.35. The van der Waals surface area contributed by atoms with Crippen LogP contribution in [0.1, 0.15) is 59.8 Å². The quantitative estimate of drug-likeness (QED) is 0.678. The van der Waals surface area contributed by atoms with Crippen molar-refractivity contribution in [3.63, 3.8) is 0 Å². The van der Waals surface area contributed by atoms with Gasteiger partial charge in [-0.05, 0) is 69.1 Å². The molecule has 0 aromatic heterocycles. The average molecular weight is 236 g/mol. The van der Waals surface area contributed by atoms with Crippen LogP contribution in [0.15, 0.2) is 12.2 Å². The van der Waals surface area contributed by atoms with E-state index in [0.29, 0.717) is 23.2 Å². The maximum atomic E-state index is 10.2. The van der Waals surface area contributed by atoms with Crippen LogP contribution in [0.5, 0.6) is 0 Å². The normalized spacial score (nSPS) is 43.4. The van der Waals surface area contributed by atoms with Gasteiger partial charge in [0.2, 0.25) is 0 Å². The molecule has 98 valence electrons. The van der Waals surface area contributed by atoms with E-state index in [-0.39, 0.29) is 0 Å². The van der Waals surface area contributed by atoms with Gasteiger partial charge in [-0.1, -0.05) is 26.0 Å². The van der Waals surface area contributed by atoms with Crippen LogP contribution >= 0.6 is 0 Å². The van der Waals surface area contributed by atoms with Gasteiger partial charge in [-0.2, -0.15) is 0 Å². The number of allylic oxidation sites excluding steroid dienone is 1. The zero-order valence-electron chi connectivity index (χ0n) is 11.9. The molecule has 2 aliphatic carbocycles. The molecule has 0 radical (unpaired) electrons. The summed E-state index contributed by atoms with van der Waals surface area (Å²) in [5.74, 6) is 1.76. The van der Waals surface area contributed by atoms with Gasteiger partial charge < -0.3 is 5.11 Å². The van der Waals surface area contributed by atoms with Crippen LogP contribution in [0.3, 0.4) is 0 Å². The highest BCUT2D eigenvalue weighted by Gasteiger charge is 2.47. The zero-order valence-corrected chi connectivity index (χ0v) is 11.9. The molecule has 0 amide bonds. The third-order valence-corrected chi connectivity index (χ3v) is 5.65. The molecule has 17 heavy (non-hydrogen) atoms. The molecule has 0 bridgehead atoms. The number of hydrogen-bond donors (Lipinski definition) is 1. The molecule has 0 spiro atoms. The largest absolute Gasteiger partial charge is 0.390 e. The van der Waals surface area contributed by atoms with Crippen molar-refractivity contribution in [2.45, 2.75) is 65.4 Å². The first-order chi connectivity index (χ1) is 7.74. The molecule has 1 nitrogen and oxygen atoms in total. The third-order valence-electron chi connectivity index (χ3n) is 5.65. The molecule has 2 fully saturated rings. The van der Waals surface area contributed by atoms with Crippen LogP contribution in [0.4, 0.5) is 0 Å². The Kier molecular flexibility index (Phi) is 3.18. The zero-order chi connectivity index (χ0) is 12.8. The predicted molar refractivity (Wildman–Crippen MR) is 72.8 cm³/mol. The molecule has 1 N–H and O–H groups in total. The Balaban J connectivity index is 2.18. The maximum absolute atomic E-state index is 10.2. The minimum absolute atomic E-state index is 0.447. The molecule has 0 aromatic rings. The Morgan fingerprint density at radius 1 is 1.29 bits per heavy atom. The van der Waals surface area contributed by atoms with Gasteiger partial charge in [0.05, 0.1) is 5.60 Å². The van der Waals surface area contributed by atoms with Crippen molar-refractivity contribution < 1.29 is 5.11 Å². The molecule has 2 saturated carbocycles. The average Bonchev–Trinajstić information content (AvgIpc) is 2.22. The highest BCUT2D eigenvalue weighted by atomic mass is 16.3. The van der Waals surface area contributed by atoms with Crippen LogP contribution in [-0.4, -0.2) is 10.7 Å². The smallest absolute Gasteiger partial charge is 0.0620 e.